The molecule has 4 nitrogen and oxygen atoms in total. The Morgan fingerprint density at radius 1 is 0.760 bits per heavy atom. The predicted octanol–water partition coefficient (Wildman–Crippen LogP) is 3.23. The number of carbonyl (C=O) groups excluding carboxylic acids is 1. The second-order valence-electron chi connectivity index (χ2n) is 5.46. The highest BCUT2D eigenvalue weighted by Gasteiger charge is 2.30. The topological polar surface area (TPSA) is 66.8 Å². The molecule has 0 saturated heterocycles. The highest BCUT2D eigenvalue weighted by Crippen LogP contribution is 2.30. The van der Waals surface area contributed by atoms with Crippen molar-refractivity contribution in [3.8, 4) is 5.75 Å². The summed E-state index contributed by atoms with van der Waals surface area (Å²) in [6.45, 7) is -0.230. The Bertz CT molecular complexity index is 555. The monoisotopic (exact) mass is 370 g/mol. The quantitative estimate of drug-likeness (QED) is 0.166. The number of halogens is 5. The van der Waals surface area contributed by atoms with Crippen LogP contribution in [0.5, 0.6) is 5.75 Å². The van der Waals surface area contributed by atoms with E-state index in [0.717, 1.165) is 0 Å². The lowest BCUT2D eigenvalue weighted by Gasteiger charge is -2.16. The lowest BCUT2D eigenvalue weighted by atomic mass is 9.96. The molecule has 0 aliphatic heterocycles. The Balaban J connectivity index is 2.95. The van der Waals surface area contributed by atoms with Crippen molar-refractivity contribution in [2.24, 2.45) is 5.92 Å². The fraction of sp³-hybridized carbons (Fsp3) is 0.562. The van der Waals surface area contributed by atoms with E-state index in [2.05, 4.69) is 4.74 Å². The Labute approximate surface area is 141 Å². The first kappa shape index (κ1) is 21.3. The standard InChI is InChI=1S/C16H19F5O4/c17-10-11(18)13(20)15(14(21)12(10)19)25-16(24)9(5-1-3-7-22)6-2-4-8-23/h9,22-23H,1-8H2. The molecule has 0 radical (unpaired) electrons. The van der Waals surface area contributed by atoms with E-state index in [9.17, 15) is 26.7 Å². The summed E-state index contributed by atoms with van der Waals surface area (Å²) in [5, 5.41) is 17.5. The lowest BCUT2D eigenvalue weighted by molar-refractivity contribution is -0.140. The number of esters is 1. The van der Waals surface area contributed by atoms with Gasteiger partial charge >= 0.3 is 5.97 Å². The van der Waals surface area contributed by atoms with Crippen molar-refractivity contribution in [3.63, 3.8) is 0 Å². The molecule has 1 aromatic carbocycles. The molecule has 0 aromatic heterocycles. The fourth-order valence-electron chi connectivity index (χ4n) is 2.24. The van der Waals surface area contributed by atoms with Crippen LogP contribution in [0.3, 0.4) is 0 Å². The van der Waals surface area contributed by atoms with Gasteiger partial charge in [-0.3, -0.25) is 4.79 Å². The molecule has 2 N–H and O–H groups in total. The summed E-state index contributed by atoms with van der Waals surface area (Å²) in [7, 11) is 0. The van der Waals surface area contributed by atoms with E-state index in [4.69, 9.17) is 10.2 Å². The molecule has 0 bridgehead atoms. The number of benzene rings is 1. The maximum Gasteiger partial charge on any atom is 0.314 e. The number of carbonyl (C=O) groups is 1. The molecule has 0 amide bonds. The van der Waals surface area contributed by atoms with Crippen LogP contribution < -0.4 is 4.74 Å². The number of hydrogen-bond donors (Lipinski definition) is 2. The molecule has 0 atom stereocenters. The van der Waals surface area contributed by atoms with E-state index in [0.29, 0.717) is 25.7 Å². The largest absolute Gasteiger partial charge is 0.420 e. The summed E-state index contributed by atoms with van der Waals surface area (Å²) >= 11 is 0. The van der Waals surface area contributed by atoms with Crippen molar-refractivity contribution in [1.29, 1.82) is 0 Å². The number of ether oxygens (including phenoxy) is 1. The third-order valence-corrected chi connectivity index (χ3v) is 3.63. The number of unbranched alkanes of at least 4 members (excludes halogenated alkanes) is 2. The molecule has 0 fully saturated rings. The van der Waals surface area contributed by atoms with Gasteiger partial charge in [-0.2, -0.15) is 8.78 Å². The third kappa shape index (κ3) is 5.64. The summed E-state index contributed by atoms with van der Waals surface area (Å²) in [5.41, 5.74) is 0. The maximum absolute atomic E-state index is 13.6. The number of aliphatic hydroxyl groups is 2. The minimum absolute atomic E-state index is 0.115. The molecule has 1 rings (SSSR count). The van der Waals surface area contributed by atoms with Crippen molar-refractivity contribution in [2.75, 3.05) is 13.2 Å². The summed E-state index contributed by atoms with van der Waals surface area (Å²) in [5.74, 6) is -14.8. The van der Waals surface area contributed by atoms with Crippen molar-refractivity contribution in [2.45, 2.75) is 38.5 Å². The molecule has 0 aliphatic rings. The van der Waals surface area contributed by atoms with E-state index >= 15 is 0 Å². The summed E-state index contributed by atoms with van der Waals surface area (Å²) < 4.78 is 70.9. The second-order valence-corrected chi connectivity index (χ2v) is 5.46. The van der Waals surface area contributed by atoms with Gasteiger partial charge in [-0.05, 0) is 25.7 Å². The zero-order chi connectivity index (χ0) is 19.0. The molecule has 0 aliphatic carbocycles. The molecule has 0 spiro atoms. The van der Waals surface area contributed by atoms with Crippen LogP contribution in [0.4, 0.5) is 22.0 Å². The Hall–Kier alpha value is -1.74. The SMILES string of the molecule is O=C(Oc1c(F)c(F)c(F)c(F)c1F)C(CCCCO)CCCCO. The first-order valence-corrected chi connectivity index (χ1v) is 7.79. The van der Waals surface area contributed by atoms with Crippen LogP contribution in [-0.4, -0.2) is 29.4 Å². The summed E-state index contributed by atoms with van der Waals surface area (Å²) in [6.07, 6.45) is 2.00. The van der Waals surface area contributed by atoms with Crippen LogP contribution in [0.2, 0.25) is 0 Å². The Morgan fingerprint density at radius 2 is 1.16 bits per heavy atom. The van der Waals surface area contributed by atoms with Crippen molar-refractivity contribution in [3.05, 3.63) is 29.1 Å². The molecule has 0 heterocycles. The predicted molar refractivity (Wildman–Crippen MR) is 77.2 cm³/mol. The minimum Gasteiger partial charge on any atom is -0.420 e. The number of rotatable bonds is 10. The normalized spacial score (nSPS) is 11.2. The first-order chi connectivity index (χ1) is 11.8. The van der Waals surface area contributed by atoms with Gasteiger partial charge in [0.25, 0.3) is 0 Å². The van der Waals surface area contributed by atoms with Gasteiger partial charge in [-0.15, -0.1) is 0 Å². The van der Waals surface area contributed by atoms with Gasteiger partial charge in [-0.1, -0.05) is 12.8 Å². The highest BCUT2D eigenvalue weighted by atomic mass is 19.2. The smallest absolute Gasteiger partial charge is 0.314 e. The van der Waals surface area contributed by atoms with Crippen molar-refractivity contribution < 1.29 is 41.7 Å². The van der Waals surface area contributed by atoms with Crippen LogP contribution in [0.1, 0.15) is 38.5 Å². The number of aliphatic hydroxyl groups excluding tert-OH is 2. The van der Waals surface area contributed by atoms with Gasteiger partial charge in [0.2, 0.25) is 34.8 Å². The van der Waals surface area contributed by atoms with Crippen LogP contribution in [-0.2, 0) is 4.79 Å². The molecule has 9 heteroatoms. The molecule has 25 heavy (non-hydrogen) atoms. The van der Waals surface area contributed by atoms with Crippen LogP contribution in [0.25, 0.3) is 0 Å². The molecular weight excluding hydrogens is 351 g/mol. The van der Waals surface area contributed by atoms with E-state index in [1.54, 1.807) is 0 Å². The zero-order valence-electron chi connectivity index (χ0n) is 13.3. The first-order valence-electron chi connectivity index (χ1n) is 7.79. The molecule has 0 unspecified atom stereocenters. The van der Waals surface area contributed by atoms with Crippen LogP contribution in [0, 0.1) is 35.0 Å². The maximum atomic E-state index is 13.6. The Morgan fingerprint density at radius 3 is 1.56 bits per heavy atom. The molecule has 0 saturated carbocycles. The second kappa shape index (κ2) is 10.3. The number of hydrogen-bond acceptors (Lipinski definition) is 4. The van der Waals surface area contributed by atoms with Gasteiger partial charge in [0, 0.05) is 13.2 Å². The van der Waals surface area contributed by atoms with Crippen LogP contribution >= 0.6 is 0 Å². The van der Waals surface area contributed by atoms with Gasteiger partial charge in [-0.25, -0.2) is 13.2 Å². The summed E-state index contributed by atoms with van der Waals surface area (Å²) in [4.78, 5) is 12.1. The van der Waals surface area contributed by atoms with Gasteiger partial charge in [0.15, 0.2) is 0 Å². The van der Waals surface area contributed by atoms with E-state index in [1.807, 2.05) is 0 Å². The summed E-state index contributed by atoms with van der Waals surface area (Å²) in [6, 6.07) is 0. The zero-order valence-corrected chi connectivity index (χ0v) is 13.3. The van der Waals surface area contributed by atoms with E-state index < -0.39 is 46.7 Å². The van der Waals surface area contributed by atoms with Crippen molar-refractivity contribution >= 4 is 5.97 Å². The lowest BCUT2D eigenvalue weighted by Crippen LogP contribution is -2.23. The molecule has 142 valence electrons. The average molecular weight is 370 g/mol. The fourth-order valence-corrected chi connectivity index (χ4v) is 2.24. The molecule has 1 aromatic rings. The van der Waals surface area contributed by atoms with Gasteiger partial charge in [0.05, 0.1) is 5.92 Å². The Kier molecular flexibility index (Phi) is 8.77. The van der Waals surface area contributed by atoms with Gasteiger partial charge in [0.1, 0.15) is 0 Å². The average Bonchev–Trinajstić information content (AvgIpc) is 2.60. The minimum atomic E-state index is -2.34. The van der Waals surface area contributed by atoms with Crippen molar-refractivity contribution in [1.82, 2.24) is 0 Å². The van der Waals surface area contributed by atoms with E-state index in [-0.39, 0.29) is 26.1 Å². The third-order valence-electron chi connectivity index (χ3n) is 3.63. The van der Waals surface area contributed by atoms with Crippen LogP contribution in [0.15, 0.2) is 0 Å². The molecular formula is C16H19F5O4. The van der Waals surface area contributed by atoms with E-state index in [1.165, 1.54) is 0 Å². The highest BCUT2D eigenvalue weighted by molar-refractivity contribution is 5.75. The van der Waals surface area contributed by atoms with Gasteiger partial charge < -0.3 is 14.9 Å².